The van der Waals surface area contributed by atoms with Gasteiger partial charge in [-0.25, -0.2) is 4.98 Å². The van der Waals surface area contributed by atoms with E-state index in [4.69, 9.17) is 0 Å². The summed E-state index contributed by atoms with van der Waals surface area (Å²) in [6.45, 7) is 7.53. The standard InChI is InChI=1S/C14H18N4OS/c1-8(2)13-10-6-18(5-4-11(10)16-17-13)14(19)12-7-20-9(3)15-12/h7-8H,4-6H2,1-3H3,(H,16,17). The zero-order valence-corrected chi connectivity index (χ0v) is 12.8. The van der Waals surface area contributed by atoms with Gasteiger partial charge in [0.1, 0.15) is 5.69 Å². The molecule has 1 N–H and O–H groups in total. The first-order valence-electron chi connectivity index (χ1n) is 6.83. The number of nitrogens with zero attached hydrogens (tertiary/aromatic N) is 3. The van der Waals surface area contributed by atoms with Gasteiger partial charge in [-0.3, -0.25) is 9.89 Å². The largest absolute Gasteiger partial charge is 0.332 e. The number of H-pyrrole nitrogens is 1. The topological polar surface area (TPSA) is 61.9 Å². The van der Waals surface area contributed by atoms with Gasteiger partial charge in [-0.05, 0) is 12.8 Å². The van der Waals surface area contributed by atoms with Gasteiger partial charge in [0.2, 0.25) is 0 Å². The van der Waals surface area contributed by atoms with E-state index in [9.17, 15) is 4.79 Å². The van der Waals surface area contributed by atoms with Crippen LogP contribution in [0.1, 0.15) is 52.2 Å². The molecule has 0 saturated heterocycles. The molecule has 1 aliphatic rings. The van der Waals surface area contributed by atoms with E-state index >= 15 is 0 Å². The lowest BCUT2D eigenvalue weighted by Gasteiger charge is -2.27. The summed E-state index contributed by atoms with van der Waals surface area (Å²) >= 11 is 1.51. The van der Waals surface area contributed by atoms with Crippen LogP contribution >= 0.6 is 11.3 Å². The van der Waals surface area contributed by atoms with E-state index in [0.29, 0.717) is 18.2 Å². The zero-order chi connectivity index (χ0) is 14.3. The number of thiazole rings is 1. The summed E-state index contributed by atoms with van der Waals surface area (Å²) in [6, 6.07) is 0. The molecule has 20 heavy (non-hydrogen) atoms. The normalized spacial score (nSPS) is 14.7. The van der Waals surface area contributed by atoms with Crippen LogP contribution < -0.4 is 0 Å². The Morgan fingerprint density at radius 3 is 2.95 bits per heavy atom. The molecule has 1 amide bonds. The van der Waals surface area contributed by atoms with E-state index in [-0.39, 0.29) is 5.91 Å². The van der Waals surface area contributed by atoms with Crippen LogP contribution in [-0.4, -0.2) is 32.5 Å². The Bertz CT molecular complexity index is 643. The highest BCUT2D eigenvalue weighted by Gasteiger charge is 2.27. The number of amides is 1. The van der Waals surface area contributed by atoms with Crippen LogP contribution in [0.4, 0.5) is 0 Å². The smallest absolute Gasteiger partial charge is 0.273 e. The third kappa shape index (κ3) is 2.24. The number of carbonyl (C=O) groups is 1. The maximum absolute atomic E-state index is 12.5. The average Bonchev–Trinajstić information content (AvgIpc) is 3.03. The quantitative estimate of drug-likeness (QED) is 0.924. The summed E-state index contributed by atoms with van der Waals surface area (Å²) in [5.74, 6) is 0.391. The van der Waals surface area contributed by atoms with Crippen LogP contribution in [-0.2, 0) is 13.0 Å². The number of rotatable bonds is 2. The monoisotopic (exact) mass is 290 g/mol. The molecule has 0 atom stereocenters. The van der Waals surface area contributed by atoms with Crippen molar-refractivity contribution in [1.29, 1.82) is 0 Å². The Hall–Kier alpha value is -1.69. The van der Waals surface area contributed by atoms with Crippen molar-refractivity contribution in [3.05, 3.63) is 33.0 Å². The number of fused-ring (bicyclic) bond motifs is 1. The number of hydrogen-bond donors (Lipinski definition) is 1. The fraction of sp³-hybridized carbons (Fsp3) is 0.500. The fourth-order valence-electron chi connectivity index (χ4n) is 2.59. The lowest BCUT2D eigenvalue weighted by Crippen LogP contribution is -2.36. The number of aromatic nitrogens is 3. The van der Waals surface area contributed by atoms with Crippen molar-refractivity contribution in [2.75, 3.05) is 6.54 Å². The molecule has 3 heterocycles. The summed E-state index contributed by atoms with van der Waals surface area (Å²) in [4.78, 5) is 18.6. The minimum Gasteiger partial charge on any atom is -0.332 e. The second-order valence-corrected chi connectivity index (χ2v) is 6.51. The van der Waals surface area contributed by atoms with E-state index in [2.05, 4.69) is 29.0 Å². The van der Waals surface area contributed by atoms with Crippen LogP contribution in [0.25, 0.3) is 0 Å². The van der Waals surface area contributed by atoms with Crippen molar-refractivity contribution in [2.45, 2.75) is 39.7 Å². The molecule has 0 spiro atoms. The Kier molecular flexibility index (Phi) is 3.33. The Morgan fingerprint density at radius 1 is 1.50 bits per heavy atom. The predicted molar refractivity (Wildman–Crippen MR) is 78.0 cm³/mol. The van der Waals surface area contributed by atoms with Crippen LogP contribution in [0.2, 0.25) is 0 Å². The first-order chi connectivity index (χ1) is 9.56. The second kappa shape index (κ2) is 5.01. The maximum Gasteiger partial charge on any atom is 0.273 e. The van der Waals surface area contributed by atoms with Gasteiger partial charge < -0.3 is 4.90 Å². The molecule has 0 aromatic carbocycles. The highest BCUT2D eigenvalue weighted by molar-refractivity contribution is 7.09. The molecule has 0 radical (unpaired) electrons. The molecule has 0 aliphatic carbocycles. The minimum atomic E-state index is 0.0240. The molecule has 2 aromatic heterocycles. The molecule has 3 rings (SSSR count). The fourth-order valence-corrected chi connectivity index (χ4v) is 3.18. The van der Waals surface area contributed by atoms with Crippen molar-refractivity contribution in [3.63, 3.8) is 0 Å². The Labute approximate surface area is 122 Å². The van der Waals surface area contributed by atoms with Gasteiger partial charge in [0.15, 0.2) is 0 Å². The van der Waals surface area contributed by atoms with E-state index in [1.807, 2.05) is 17.2 Å². The number of aryl methyl sites for hydroxylation is 1. The molecule has 0 fully saturated rings. The molecule has 5 nitrogen and oxygen atoms in total. The van der Waals surface area contributed by atoms with E-state index in [0.717, 1.165) is 23.7 Å². The molecular weight excluding hydrogens is 272 g/mol. The average molecular weight is 290 g/mol. The van der Waals surface area contributed by atoms with Crippen molar-refractivity contribution >= 4 is 17.2 Å². The molecule has 1 aliphatic heterocycles. The van der Waals surface area contributed by atoms with Gasteiger partial charge in [-0.2, -0.15) is 5.10 Å². The molecule has 0 saturated carbocycles. The maximum atomic E-state index is 12.5. The zero-order valence-electron chi connectivity index (χ0n) is 11.9. The third-order valence-corrected chi connectivity index (χ3v) is 4.41. The summed E-state index contributed by atoms with van der Waals surface area (Å²) < 4.78 is 0. The summed E-state index contributed by atoms with van der Waals surface area (Å²) in [5, 5.41) is 10.3. The van der Waals surface area contributed by atoms with E-state index in [1.165, 1.54) is 22.6 Å². The SMILES string of the molecule is Cc1nc(C(=O)N2CCc3[nH]nc(C(C)C)c3C2)cs1. The summed E-state index contributed by atoms with van der Waals surface area (Å²) in [7, 11) is 0. The van der Waals surface area contributed by atoms with E-state index in [1.54, 1.807) is 0 Å². The number of hydrogen-bond acceptors (Lipinski definition) is 4. The van der Waals surface area contributed by atoms with Crippen LogP contribution in [0.5, 0.6) is 0 Å². The highest BCUT2D eigenvalue weighted by atomic mass is 32.1. The highest BCUT2D eigenvalue weighted by Crippen LogP contribution is 2.26. The van der Waals surface area contributed by atoms with Crippen molar-refractivity contribution < 1.29 is 4.79 Å². The van der Waals surface area contributed by atoms with Gasteiger partial charge in [-0.1, -0.05) is 13.8 Å². The van der Waals surface area contributed by atoms with Crippen molar-refractivity contribution in [1.82, 2.24) is 20.1 Å². The minimum absolute atomic E-state index is 0.0240. The van der Waals surface area contributed by atoms with Gasteiger partial charge in [0.25, 0.3) is 5.91 Å². The number of nitrogens with one attached hydrogen (secondary N) is 1. The van der Waals surface area contributed by atoms with Crippen molar-refractivity contribution in [3.8, 4) is 0 Å². The second-order valence-electron chi connectivity index (χ2n) is 5.45. The first-order valence-corrected chi connectivity index (χ1v) is 7.71. The Balaban J connectivity index is 1.84. The van der Waals surface area contributed by atoms with Gasteiger partial charge in [-0.15, -0.1) is 11.3 Å². The van der Waals surface area contributed by atoms with Crippen LogP contribution in [0.3, 0.4) is 0 Å². The molecule has 0 unspecified atom stereocenters. The molecule has 106 valence electrons. The molecule has 6 heteroatoms. The third-order valence-electron chi connectivity index (χ3n) is 3.64. The number of aromatic amines is 1. The van der Waals surface area contributed by atoms with E-state index < -0.39 is 0 Å². The molecular formula is C14H18N4OS. The lowest BCUT2D eigenvalue weighted by molar-refractivity contribution is 0.0728. The van der Waals surface area contributed by atoms with Crippen LogP contribution in [0, 0.1) is 6.92 Å². The molecule has 2 aromatic rings. The van der Waals surface area contributed by atoms with Crippen LogP contribution in [0.15, 0.2) is 5.38 Å². The van der Waals surface area contributed by atoms with Gasteiger partial charge >= 0.3 is 0 Å². The van der Waals surface area contributed by atoms with Gasteiger partial charge in [0.05, 0.1) is 10.7 Å². The first kappa shape index (κ1) is 13.3. The van der Waals surface area contributed by atoms with Crippen molar-refractivity contribution in [2.24, 2.45) is 0 Å². The predicted octanol–water partition coefficient (Wildman–Crippen LogP) is 2.50. The van der Waals surface area contributed by atoms with Gasteiger partial charge in [0, 0.05) is 36.1 Å². The summed E-state index contributed by atoms with van der Waals surface area (Å²) in [5.41, 5.74) is 4.00. The molecule has 0 bridgehead atoms. The lowest BCUT2D eigenvalue weighted by atomic mass is 9.99. The summed E-state index contributed by atoms with van der Waals surface area (Å²) in [6.07, 6.45) is 0.837. The number of carbonyl (C=O) groups excluding carboxylic acids is 1. The Morgan fingerprint density at radius 2 is 2.30 bits per heavy atom.